The van der Waals surface area contributed by atoms with Gasteiger partial charge in [0.25, 0.3) is 5.91 Å². The standard InChI is InChI=1S/C21H21FN2O4/c1-13(2)28-18-9-8-14(11-19(18)27-3)10-17-20(25)24(21(26)23-17)12-15-6-4-5-7-16(15)22/h4-11,13H,12H2,1-3H3,(H,23,26)/b17-10-. The first-order valence-electron chi connectivity index (χ1n) is 8.81. The Morgan fingerprint density at radius 3 is 2.57 bits per heavy atom. The van der Waals surface area contributed by atoms with Crippen LogP contribution in [0.4, 0.5) is 9.18 Å². The minimum Gasteiger partial charge on any atom is -0.493 e. The molecule has 3 amide bonds. The summed E-state index contributed by atoms with van der Waals surface area (Å²) in [4.78, 5) is 25.8. The zero-order valence-electron chi connectivity index (χ0n) is 15.9. The molecule has 0 spiro atoms. The second kappa shape index (κ2) is 8.12. The summed E-state index contributed by atoms with van der Waals surface area (Å²) >= 11 is 0. The van der Waals surface area contributed by atoms with E-state index >= 15 is 0 Å². The molecular formula is C21H21FN2O4. The third kappa shape index (κ3) is 4.14. The van der Waals surface area contributed by atoms with Gasteiger partial charge >= 0.3 is 6.03 Å². The first-order valence-corrected chi connectivity index (χ1v) is 8.81. The summed E-state index contributed by atoms with van der Waals surface area (Å²) in [6.45, 7) is 3.68. The number of methoxy groups -OCH3 is 1. The summed E-state index contributed by atoms with van der Waals surface area (Å²) in [7, 11) is 1.53. The molecule has 6 nitrogen and oxygen atoms in total. The molecule has 1 saturated heterocycles. The largest absolute Gasteiger partial charge is 0.493 e. The van der Waals surface area contributed by atoms with E-state index in [0.29, 0.717) is 17.1 Å². The fraction of sp³-hybridized carbons (Fsp3) is 0.238. The molecule has 1 fully saturated rings. The number of imide groups is 1. The minimum absolute atomic E-state index is 0.0132. The van der Waals surface area contributed by atoms with Crippen LogP contribution >= 0.6 is 0 Å². The van der Waals surface area contributed by atoms with Gasteiger partial charge in [0.1, 0.15) is 11.5 Å². The molecule has 28 heavy (non-hydrogen) atoms. The summed E-state index contributed by atoms with van der Waals surface area (Å²) < 4.78 is 24.8. The fourth-order valence-electron chi connectivity index (χ4n) is 2.80. The van der Waals surface area contributed by atoms with Crippen molar-refractivity contribution in [3.8, 4) is 11.5 Å². The average molecular weight is 384 g/mol. The first kappa shape index (κ1) is 19.4. The number of nitrogens with zero attached hydrogens (tertiary/aromatic N) is 1. The monoisotopic (exact) mass is 384 g/mol. The van der Waals surface area contributed by atoms with Gasteiger partial charge in [0.2, 0.25) is 0 Å². The Balaban J connectivity index is 1.82. The van der Waals surface area contributed by atoms with Crippen molar-refractivity contribution in [2.45, 2.75) is 26.5 Å². The molecule has 2 aromatic carbocycles. The van der Waals surface area contributed by atoms with Crippen LogP contribution in [0.1, 0.15) is 25.0 Å². The van der Waals surface area contributed by atoms with Crippen LogP contribution < -0.4 is 14.8 Å². The van der Waals surface area contributed by atoms with Crippen molar-refractivity contribution in [2.75, 3.05) is 7.11 Å². The lowest BCUT2D eigenvalue weighted by atomic mass is 10.1. The van der Waals surface area contributed by atoms with Gasteiger partial charge in [0.15, 0.2) is 11.5 Å². The molecule has 1 aliphatic rings. The number of hydrogen-bond donors (Lipinski definition) is 1. The fourth-order valence-corrected chi connectivity index (χ4v) is 2.80. The highest BCUT2D eigenvalue weighted by atomic mass is 19.1. The Kier molecular flexibility index (Phi) is 5.63. The molecule has 1 N–H and O–H groups in total. The number of ether oxygens (including phenoxy) is 2. The number of benzene rings is 2. The van der Waals surface area contributed by atoms with E-state index in [0.717, 1.165) is 4.90 Å². The number of urea groups is 1. The molecule has 0 bridgehead atoms. The van der Waals surface area contributed by atoms with Crippen LogP contribution in [0.3, 0.4) is 0 Å². The molecule has 0 aliphatic carbocycles. The quantitative estimate of drug-likeness (QED) is 0.609. The molecular weight excluding hydrogens is 363 g/mol. The summed E-state index contributed by atoms with van der Waals surface area (Å²) in [5, 5.41) is 2.53. The predicted molar refractivity (Wildman–Crippen MR) is 102 cm³/mol. The van der Waals surface area contributed by atoms with E-state index in [1.165, 1.54) is 19.2 Å². The summed E-state index contributed by atoms with van der Waals surface area (Å²) in [5.41, 5.74) is 1.04. The van der Waals surface area contributed by atoms with Crippen LogP contribution in [0.25, 0.3) is 6.08 Å². The van der Waals surface area contributed by atoms with E-state index in [-0.39, 0.29) is 23.9 Å². The van der Waals surface area contributed by atoms with Gasteiger partial charge in [0, 0.05) is 5.56 Å². The maximum atomic E-state index is 13.8. The van der Waals surface area contributed by atoms with Crippen LogP contribution in [0.2, 0.25) is 0 Å². The molecule has 0 saturated carbocycles. The van der Waals surface area contributed by atoms with Gasteiger partial charge in [-0.1, -0.05) is 24.3 Å². The number of rotatable bonds is 6. The summed E-state index contributed by atoms with van der Waals surface area (Å²) in [6, 6.07) is 10.6. The molecule has 0 aromatic heterocycles. The van der Waals surface area contributed by atoms with Crippen LogP contribution in [0, 0.1) is 5.82 Å². The van der Waals surface area contributed by atoms with Gasteiger partial charge in [-0.25, -0.2) is 9.18 Å². The van der Waals surface area contributed by atoms with Gasteiger partial charge in [-0.05, 0) is 43.7 Å². The van der Waals surface area contributed by atoms with E-state index in [4.69, 9.17) is 9.47 Å². The third-order valence-electron chi connectivity index (χ3n) is 4.11. The molecule has 1 heterocycles. The number of nitrogens with one attached hydrogen (secondary N) is 1. The Bertz CT molecular complexity index is 940. The maximum absolute atomic E-state index is 13.8. The molecule has 0 unspecified atom stereocenters. The van der Waals surface area contributed by atoms with Crippen molar-refractivity contribution < 1.29 is 23.5 Å². The highest BCUT2D eigenvalue weighted by Crippen LogP contribution is 2.30. The van der Waals surface area contributed by atoms with Crippen molar-refractivity contribution >= 4 is 18.0 Å². The Labute approximate surface area is 162 Å². The second-order valence-corrected chi connectivity index (χ2v) is 6.55. The van der Waals surface area contributed by atoms with Crippen LogP contribution in [0.5, 0.6) is 11.5 Å². The van der Waals surface area contributed by atoms with Gasteiger partial charge < -0.3 is 14.8 Å². The number of hydrogen-bond acceptors (Lipinski definition) is 4. The van der Waals surface area contributed by atoms with Gasteiger partial charge in [-0.3, -0.25) is 9.69 Å². The minimum atomic E-state index is -0.591. The number of amides is 3. The summed E-state index contributed by atoms with van der Waals surface area (Å²) in [6.07, 6.45) is 1.53. The maximum Gasteiger partial charge on any atom is 0.329 e. The van der Waals surface area contributed by atoms with E-state index < -0.39 is 17.8 Å². The highest BCUT2D eigenvalue weighted by Gasteiger charge is 2.34. The van der Waals surface area contributed by atoms with E-state index in [9.17, 15) is 14.0 Å². The van der Waals surface area contributed by atoms with Crippen LogP contribution in [-0.2, 0) is 11.3 Å². The van der Waals surface area contributed by atoms with Crippen molar-refractivity contribution in [1.29, 1.82) is 0 Å². The van der Waals surface area contributed by atoms with Crippen molar-refractivity contribution in [3.05, 3.63) is 65.1 Å². The Morgan fingerprint density at radius 2 is 1.89 bits per heavy atom. The molecule has 3 rings (SSSR count). The first-order chi connectivity index (χ1) is 13.4. The number of halogens is 1. The Morgan fingerprint density at radius 1 is 1.14 bits per heavy atom. The predicted octanol–water partition coefficient (Wildman–Crippen LogP) is 3.71. The SMILES string of the molecule is COc1cc(/C=C2\NC(=O)N(Cc3ccccc3F)C2=O)ccc1OC(C)C. The second-order valence-electron chi connectivity index (χ2n) is 6.55. The zero-order valence-corrected chi connectivity index (χ0v) is 15.9. The van der Waals surface area contributed by atoms with Crippen LogP contribution in [-0.4, -0.2) is 30.1 Å². The van der Waals surface area contributed by atoms with E-state index in [1.807, 2.05) is 13.8 Å². The molecule has 2 aromatic rings. The molecule has 0 atom stereocenters. The average Bonchev–Trinajstić information content (AvgIpc) is 2.91. The lowest BCUT2D eigenvalue weighted by molar-refractivity contribution is -0.123. The summed E-state index contributed by atoms with van der Waals surface area (Å²) in [5.74, 6) is 0.117. The molecule has 1 aliphatic heterocycles. The van der Waals surface area contributed by atoms with Gasteiger partial charge in [-0.15, -0.1) is 0 Å². The van der Waals surface area contributed by atoms with E-state index in [2.05, 4.69) is 5.32 Å². The topological polar surface area (TPSA) is 67.9 Å². The molecule has 7 heteroatoms. The normalized spacial score (nSPS) is 15.3. The third-order valence-corrected chi connectivity index (χ3v) is 4.11. The van der Waals surface area contributed by atoms with Crippen molar-refractivity contribution in [3.63, 3.8) is 0 Å². The van der Waals surface area contributed by atoms with Crippen molar-refractivity contribution in [1.82, 2.24) is 10.2 Å². The lowest BCUT2D eigenvalue weighted by Crippen LogP contribution is -2.30. The number of carbonyl (C=O) groups excluding carboxylic acids is 2. The highest BCUT2D eigenvalue weighted by molar-refractivity contribution is 6.13. The lowest BCUT2D eigenvalue weighted by Gasteiger charge is -2.14. The van der Waals surface area contributed by atoms with Crippen molar-refractivity contribution in [2.24, 2.45) is 0 Å². The Hall–Kier alpha value is -3.35. The van der Waals surface area contributed by atoms with Gasteiger partial charge in [-0.2, -0.15) is 0 Å². The van der Waals surface area contributed by atoms with Crippen LogP contribution in [0.15, 0.2) is 48.2 Å². The number of carbonyl (C=O) groups is 2. The smallest absolute Gasteiger partial charge is 0.329 e. The van der Waals surface area contributed by atoms with E-state index in [1.54, 1.807) is 36.4 Å². The molecule has 0 radical (unpaired) electrons. The zero-order chi connectivity index (χ0) is 20.3. The van der Waals surface area contributed by atoms with Gasteiger partial charge in [0.05, 0.1) is 19.8 Å². The molecule has 146 valence electrons.